The fourth-order valence-electron chi connectivity index (χ4n) is 1.96. The number of nitrogens with one attached hydrogen (secondary N) is 1. The molecule has 3 N–H and O–H groups in total. The van der Waals surface area contributed by atoms with E-state index in [4.69, 9.17) is 5.73 Å². The van der Waals surface area contributed by atoms with Crippen molar-refractivity contribution in [2.75, 3.05) is 26.7 Å². The first kappa shape index (κ1) is 18.4. The Morgan fingerprint density at radius 3 is 2.53 bits per heavy atom. The van der Waals surface area contributed by atoms with Gasteiger partial charge in [0.1, 0.15) is 0 Å². The molecule has 0 aliphatic carbocycles. The van der Waals surface area contributed by atoms with Crippen LogP contribution < -0.4 is 11.1 Å². The largest absolute Gasteiger partial charge is 0.355 e. The van der Waals surface area contributed by atoms with Crippen LogP contribution in [0.5, 0.6) is 0 Å². The van der Waals surface area contributed by atoms with Crippen LogP contribution in [-0.4, -0.2) is 43.5 Å². The highest BCUT2D eigenvalue weighted by atomic mass is 16.1. The van der Waals surface area contributed by atoms with Crippen molar-refractivity contribution >= 4 is 5.91 Å². The molecule has 4 heteroatoms. The van der Waals surface area contributed by atoms with Crippen LogP contribution in [0.15, 0.2) is 0 Å². The van der Waals surface area contributed by atoms with Gasteiger partial charge < -0.3 is 16.0 Å². The third-order valence-electron chi connectivity index (χ3n) is 3.98. The topological polar surface area (TPSA) is 58.4 Å². The van der Waals surface area contributed by atoms with Gasteiger partial charge in [0.05, 0.1) is 0 Å². The Hall–Kier alpha value is -0.610. The number of hydrogen-bond acceptors (Lipinski definition) is 3. The van der Waals surface area contributed by atoms with Gasteiger partial charge in [0.15, 0.2) is 0 Å². The van der Waals surface area contributed by atoms with Crippen molar-refractivity contribution in [1.29, 1.82) is 0 Å². The van der Waals surface area contributed by atoms with E-state index in [0.717, 1.165) is 32.4 Å². The van der Waals surface area contributed by atoms with Gasteiger partial charge in [0, 0.05) is 25.6 Å². The molecule has 0 bridgehead atoms. The summed E-state index contributed by atoms with van der Waals surface area (Å²) in [6, 6.07) is 0.570. The van der Waals surface area contributed by atoms with Crippen LogP contribution in [-0.2, 0) is 4.79 Å². The van der Waals surface area contributed by atoms with Crippen LogP contribution in [0.1, 0.15) is 53.4 Å². The molecule has 0 saturated heterocycles. The number of carbonyl (C=O) groups excluding carboxylic acids is 1. The summed E-state index contributed by atoms with van der Waals surface area (Å²) in [5.41, 5.74) is 5.74. The summed E-state index contributed by atoms with van der Waals surface area (Å²) in [5.74, 6) is 0.155. The molecule has 0 spiro atoms. The van der Waals surface area contributed by atoms with Crippen LogP contribution in [0.25, 0.3) is 0 Å². The first-order chi connectivity index (χ1) is 8.82. The van der Waals surface area contributed by atoms with Gasteiger partial charge in [-0.25, -0.2) is 0 Å². The summed E-state index contributed by atoms with van der Waals surface area (Å²) in [7, 11) is 2.10. The average molecular weight is 271 g/mol. The number of nitrogens with two attached hydrogens (primary N) is 1. The van der Waals surface area contributed by atoms with Crippen molar-refractivity contribution in [3.63, 3.8) is 0 Å². The summed E-state index contributed by atoms with van der Waals surface area (Å²) in [6.07, 6.45) is 3.60. The van der Waals surface area contributed by atoms with E-state index in [1.165, 1.54) is 0 Å². The van der Waals surface area contributed by atoms with Crippen LogP contribution in [0.4, 0.5) is 0 Å². The summed E-state index contributed by atoms with van der Waals surface area (Å²) >= 11 is 0. The number of carbonyl (C=O) groups is 1. The van der Waals surface area contributed by atoms with Crippen molar-refractivity contribution < 1.29 is 4.79 Å². The van der Waals surface area contributed by atoms with E-state index >= 15 is 0 Å². The quantitative estimate of drug-likeness (QED) is 0.639. The molecule has 0 aliphatic heterocycles. The van der Waals surface area contributed by atoms with Gasteiger partial charge in [-0.05, 0) is 45.2 Å². The van der Waals surface area contributed by atoms with Gasteiger partial charge in [-0.15, -0.1) is 0 Å². The molecule has 0 heterocycles. The van der Waals surface area contributed by atoms with Crippen LogP contribution >= 0.6 is 0 Å². The van der Waals surface area contributed by atoms with E-state index in [0.29, 0.717) is 19.0 Å². The summed E-state index contributed by atoms with van der Waals surface area (Å²) < 4.78 is 0. The van der Waals surface area contributed by atoms with Gasteiger partial charge in [-0.1, -0.05) is 20.8 Å². The Kier molecular flexibility index (Phi) is 9.02. The Morgan fingerprint density at radius 2 is 2.00 bits per heavy atom. The minimum atomic E-state index is 0.155. The molecule has 0 aromatic rings. The maximum atomic E-state index is 11.8. The lowest BCUT2D eigenvalue weighted by molar-refractivity contribution is -0.121. The summed E-state index contributed by atoms with van der Waals surface area (Å²) in [5, 5.41) is 3.00. The van der Waals surface area contributed by atoms with E-state index in [1.54, 1.807) is 0 Å². The Bertz CT molecular complexity index is 254. The zero-order chi connectivity index (χ0) is 14.9. The van der Waals surface area contributed by atoms with Crippen molar-refractivity contribution in [2.24, 2.45) is 11.1 Å². The molecule has 0 rings (SSSR count). The highest BCUT2D eigenvalue weighted by Crippen LogP contribution is 2.25. The van der Waals surface area contributed by atoms with E-state index in [9.17, 15) is 4.79 Å². The van der Waals surface area contributed by atoms with Crippen molar-refractivity contribution in [3.8, 4) is 0 Å². The molecule has 0 aromatic carbocycles. The third kappa shape index (κ3) is 9.00. The average Bonchev–Trinajstić information content (AvgIpc) is 2.35. The third-order valence-corrected chi connectivity index (χ3v) is 3.98. The lowest BCUT2D eigenvalue weighted by Crippen LogP contribution is -2.37. The molecule has 19 heavy (non-hydrogen) atoms. The smallest absolute Gasteiger partial charge is 0.220 e. The van der Waals surface area contributed by atoms with Gasteiger partial charge in [0.2, 0.25) is 5.91 Å². The van der Waals surface area contributed by atoms with Gasteiger partial charge in [-0.3, -0.25) is 4.79 Å². The summed E-state index contributed by atoms with van der Waals surface area (Å²) in [6.45, 7) is 11.1. The van der Waals surface area contributed by atoms with Crippen molar-refractivity contribution in [2.45, 2.75) is 59.4 Å². The molecule has 0 radical (unpaired) electrons. The van der Waals surface area contributed by atoms with Gasteiger partial charge >= 0.3 is 0 Å². The highest BCUT2D eigenvalue weighted by Gasteiger charge is 2.18. The Labute approximate surface area is 119 Å². The maximum absolute atomic E-state index is 11.8. The monoisotopic (exact) mass is 271 g/mol. The lowest BCUT2D eigenvalue weighted by atomic mass is 9.84. The molecule has 1 unspecified atom stereocenters. The first-order valence-electron chi connectivity index (χ1n) is 7.49. The number of likely N-dealkylation sites (N-methyl/N-ethyl adjacent to an activating group) is 1. The SMILES string of the molecule is CCC(C)N(C)CCNC(=O)CCC(C)(C)CCN. The van der Waals surface area contributed by atoms with E-state index in [2.05, 4.69) is 45.0 Å². The Balaban J connectivity index is 3.76. The fraction of sp³-hybridized carbons (Fsp3) is 0.933. The second-order valence-electron chi connectivity index (χ2n) is 6.29. The molecule has 1 atom stereocenters. The first-order valence-corrected chi connectivity index (χ1v) is 7.49. The van der Waals surface area contributed by atoms with Crippen LogP contribution in [0.2, 0.25) is 0 Å². The van der Waals surface area contributed by atoms with Crippen molar-refractivity contribution in [3.05, 3.63) is 0 Å². The molecule has 0 fully saturated rings. The number of amides is 1. The minimum absolute atomic E-state index is 0.155. The molecular weight excluding hydrogens is 238 g/mol. The lowest BCUT2D eigenvalue weighted by Gasteiger charge is -2.24. The zero-order valence-electron chi connectivity index (χ0n) is 13.5. The van der Waals surface area contributed by atoms with Gasteiger partial charge in [-0.2, -0.15) is 0 Å². The second-order valence-corrected chi connectivity index (χ2v) is 6.29. The minimum Gasteiger partial charge on any atom is -0.355 e. The van der Waals surface area contributed by atoms with Crippen LogP contribution in [0.3, 0.4) is 0 Å². The fourth-order valence-corrected chi connectivity index (χ4v) is 1.96. The predicted octanol–water partition coefficient (Wildman–Crippen LogP) is 1.99. The van der Waals surface area contributed by atoms with E-state index < -0.39 is 0 Å². The van der Waals surface area contributed by atoms with Crippen LogP contribution in [0, 0.1) is 5.41 Å². The molecule has 114 valence electrons. The number of hydrogen-bond donors (Lipinski definition) is 2. The van der Waals surface area contributed by atoms with E-state index in [-0.39, 0.29) is 11.3 Å². The van der Waals surface area contributed by atoms with E-state index in [1.807, 2.05) is 0 Å². The molecule has 0 saturated carbocycles. The maximum Gasteiger partial charge on any atom is 0.220 e. The van der Waals surface area contributed by atoms with Crippen molar-refractivity contribution in [1.82, 2.24) is 10.2 Å². The highest BCUT2D eigenvalue weighted by molar-refractivity contribution is 5.75. The zero-order valence-corrected chi connectivity index (χ0v) is 13.5. The van der Waals surface area contributed by atoms with Gasteiger partial charge in [0.25, 0.3) is 0 Å². The number of rotatable bonds is 10. The molecule has 1 amide bonds. The number of nitrogens with zero attached hydrogens (tertiary/aromatic N) is 1. The molecule has 0 aliphatic rings. The standard InChI is InChI=1S/C15H33N3O/c1-6-13(2)18(5)12-11-17-14(19)7-8-15(3,4)9-10-16/h13H,6-12,16H2,1-5H3,(H,17,19). The predicted molar refractivity (Wildman–Crippen MR) is 82.1 cm³/mol. The molecular formula is C15H33N3O. The molecule has 4 nitrogen and oxygen atoms in total. The summed E-state index contributed by atoms with van der Waals surface area (Å²) in [4.78, 5) is 14.0. The normalized spacial score (nSPS) is 13.6. The second kappa shape index (κ2) is 9.32. The molecule has 0 aromatic heterocycles. The Morgan fingerprint density at radius 1 is 1.37 bits per heavy atom.